The number of rotatable bonds is 4. The highest BCUT2D eigenvalue weighted by atomic mass is 32.2. The minimum atomic E-state index is 0.505. The minimum absolute atomic E-state index is 0.505. The molecule has 1 fully saturated rings. The summed E-state index contributed by atoms with van der Waals surface area (Å²) < 4.78 is 0. The Morgan fingerprint density at radius 3 is 2.76 bits per heavy atom. The average molecular weight is 269 g/mol. The van der Waals surface area contributed by atoms with E-state index in [4.69, 9.17) is 0 Å². The van der Waals surface area contributed by atoms with Crippen LogP contribution in [0.4, 0.5) is 0 Å². The molecule has 0 saturated carbocycles. The maximum absolute atomic E-state index is 3.72. The third-order valence-corrected chi connectivity index (χ3v) is 6.09. The zero-order valence-electron chi connectivity index (χ0n) is 11.1. The molecule has 1 aliphatic rings. The fraction of sp³-hybridized carbons (Fsp3) is 0.714. The average Bonchev–Trinajstić information content (AvgIpc) is 2.73. The summed E-state index contributed by atoms with van der Waals surface area (Å²) >= 11 is 4.05. The lowest BCUT2D eigenvalue weighted by Gasteiger charge is -2.35. The molecule has 0 spiro atoms. The smallest absolute Gasteiger partial charge is 0.0302 e. The molecule has 1 unspecified atom stereocenters. The zero-order valence-corrected chi connectivity index (χ0v) is 12.7. The van der Waals surface area contributed by atoms with Crippen LogP contribution >= 0.6 is 23.1 Å². The van der Waals surface area contributed by atoms with Crippen molar-refractivity contribution in [2.24, 2.45) is 5.41 Å². The van der Waals surface area contributed by atoms with Crippen LogP contribution in [0.5, 0.6) is 0 Å². The van der Waals surface area contributed by atoms with Gasteiger partial charge in [0.25, 0.3) is 0 Å². The Labute approximate surface area is 113 Å². The first-order valence-electron chi connectivity index (χ1n) is 6.48. The van der Waals surface area contributed by atoms with Crippen molar-refractivity contribution in [3.05, 3.63) is 21.9 Å². The predicted molar refractivity (Wildman–Crippen MR) is 80.0 cm³/mol. The van der Waals surface area contributed by atoms with E-state index in [9.17, 15) is 0 Å². The van der Waals surface area contributed by atoms with Crippen LogP contribution in [0.3, 0.4) is 0 Å². The first-order chi connectivity index (χ1) is 8.09. The lowest BCUT2D eigenvalue weighted by atomic mass is 9.88. The zero-order chi connectivity index (χ0) is 12.3. The van der Waals surface area contributed by atoms with Crippen LogP contribution in [0.15, 0.2) is 12.1 Å². The van der Waals surface area contributed by atoms with E-state index in [0.717, 1.165) is 13.0 Å². The van der Waals surface area contributed by atoms with Gasteiger partial charge in [-0.3, -0.25) is 0 Å². The van der Waals surface area contributed by atoms with Crippen molar-refractivity contribution in [1.82, 2.24) is 5.32 Å². The molecule has 1 N–H and O–H groups in total. The van der Waals surface area contributed by atoms with E-state index in [-0.39, 0.29) is 0 Å². The molecular formula is C14H23NS2. The number of thioether (sulfide) groups is 1. The van der Waals surface area contributed by atoms with Crippen molar-refractivity contribution in [3.8, 4) is 0 Å². The van der Waals surface area contributed by atoms with Gasteiger partial charge in [-0.2, -0.15) is 11.8 Å². The Morgan fingerprint density at radius 2 is 2.12 bits per heavy atom. The highest BCUT2D eigenvalue weighted by Crippen LogP contribution is 2.33. The maximum Gasteiger partial charge on any atom is 0.0302 e. The molecular weight excluding hydrogens is 246 g/mol. The molecule has 1 saturated heterocycles. The van der Waals surface area contributed by atoms with Gasteiger partial charge in [-0.1, -0.05) is 20.8 Å². The summed E-state index contributed by atoms with van der Waals surface area (Å²) in [6.07, 6.45) is 2.48. The number of hydrogen-bond donors (Lipinski definition) is 1. The summed E-state index contributed by atoms with van der Waals surface area (Å²) in [5, 5.41) is 3.72. The molecule has 1 aromatic rings. The van der Waals surface area contributed by atoms with Gasteiger partial charge in [0.2, 0.25) is 0 Å². The molecule has 96 valence electrons. The molecule has 0 aromatic carbocycles. The van der Waals surface area contributed by atoms with Gasteiger partial charge in [0.15, 0.2) is 0 Å². The van der Waals surface area contributed by atoms with Gasteiger partial charge in [-0.05, 0) is 36.1 Å². The van der Waals surface area contributed by atoms with Crippen molar-refractivity contribution < 1.29 is 0 Å². The Bertz CT molecular complexity index is 357. The largest absolute Gasteiger partial charge is 0.308 e. The number of thiophene rings is 1. The second-order valence-corrected chi connectivity index (χ2v) is 7.97. The van der Waals surface area contributed by atoms with E-state index in [2.05, 4.69) is 50.0 Å². The van der Waals surface area contributed by atoms with Gasteiger partial charge in [-0.15, -0.1) is 11.3 Å². The lowest BCUT2D eigenvalue weighted by molar-refractivity contribution is 0.318. The maximum atomic E-state index is 3.72. The molecule has 1 atom stereocenters. The topological polar surface area (TPSA) is 12.0 Å². The number of nitrogens with one attached hydrogen (secondary N) is 1. The SMILES string of the molecule is CCc1ccc(CNC2CSCC(C)(C)C2)s1. The van der Waals surface area contributed by atoms with Gasteiger partial charge in [-0.25, -0.2) is 0 Å². The van der Waals surface area contributed by atoms with Crippen LogP contribution < -0.4 is 5.32 Å². The van der Waals surface area contributed by atoms with Gasteiger partial charge >= 0.3 is 0 Å². The van der Waals surface area contributed by atoms with E-state index in [0.29, 0.717) is 11.5 Å². The molecule has 2 heterocycles. The highest BCUT2D eigenvalue weighted by molar-refractivity contribution is 7.99. The first kappa shape index (κ1) is 13.4. The summed E-state index contributed by atoms with van der Waals surface area (Å²) in [5.74, 6) is 2.58. The van der Waals surface area contributed by atoms with Crippen LogP contribution in [0.25, 0.3) is 0 Å². The normalized spacial score (nSPS) is 23.8. The molecule has 17 heavy (non-hydrogen) atoms. The van der Waals surface area contributed by atoms with E-state index in [1.165, 1.54) is 27.7 Å². The second-order valence-electron chi connectivity index (χ2n) is 5.68. The van der Waals surface area contributed by atoms with Crippen molar-refractivity contribution >= 4 is 23.1 Å². The van der Waals surface area contributed by atoms with Crippen LogP contribution in [0.2, 0.25) is 0 Å². The van der Waals surface area contributed by atoms with E-state index >= 15 is 0 Å². The van der Waals surface area contributed by atoms with Crippen LogP contribution in [0, 0.1) is 5.41 Å². The minimum Gasteiger partial charge on any atom is -0.308 e. The summed E-state index contributed by atoms with van der Waals surface area (Å²) in [5.41, 5.74) is 0.505. The number of hydrogen-bond acceptors (Lipinski definition) is 3. The molecule has 1 aromatic heterocycles. The van der Waals surface area contributed by atoms with E-state index in [1.807, 2.05) is 11.3 Å². The standard InChI is InChI=1S/C14H23NS2/c1-4-12-5-6-13(17-12)8-15-11-7-14(2,3)10-16-9-11/h5-6,11,15H,4,7-10H2,1-3H3. The Hall–Kier alpha value is 0.01000. The summed E-state index contributed by atoms with van der Waals surface area (Å²) in [4.78, 5) is 2.98. The predicted octanol–water partition coefficient (Wildman–Crippen LogP) is 3.93. The molecule has 0 amide bonds. The van der Waals surface area contributed by atoms with Crippen molar-refractivity contribution in [2.45, 2.75) is 46.2 Å². The Kier molecular flexibility index (Phi) is 4.56. The lowest BCUT2D eigenvalue weighted by Crippen LogP contribution is -2.39. The quantitative estimate of drug-likeness (QED) is 0.889. The molecule has 1 aliphatic heterocycles. The summed E-state index contributed by atoms with van der Waals surface area (Å²) in [6, 6.07) is 5.23. The van der Waals surface area contributed by atoms with Gasteiger partial charge in [0.05, 0.1) is 0 Å². The fourth-order valence-electron chi connectivity index (χ4n) is 2.35. The molecule has 0 radical (unpaired) electrons. The van der Waals surface area contributed by atoms with Crippen molar-refractivity contribution in [2.75, 3.05) is 11.5 Å². The highest BCUT2D eigenvalue weighted by Gasteiger charge is 2.27. The molecule has 1 nitrogen and oxygen atoms in total. The Balaban J connectivity index is 1.81. The van der Waals surface area contributed by atoms with Gasteiger partial charge in [0, 0.05) is 28.1 Å². The second kappa shape index (κ2) is 5.77. The third-order valence-electron chi connectivity index (χ3n) is 3.24. The number of aryl methyl sites for hydroxylation is 1. The molecule has 3 heteroatoms. The molecule has 0 bridgehead atoms. The Morgan fingerprint density at radius 1 is 1.35 bits per heavy atom. The van der Waals surface area contributed by atoms with E-state index in [1.54, 1.807) is 0 Å². The van der Waals surface area contributed by atoms with Gasteiger partial charge < -0.3 is 5.32 Å². The first-order valence-corrected chi connectivity index (χ1v) is 8.45. The fourth-order valence-corrected chi connectivity index (χ4v) is 4.56. The van der Waals surface area contributed by atoms with Crippen LogP contribution in [0.1, 0.15) is 36.9 Å². The van der Waals surface area contributed by atoms with E-state index < -0.39 is 0 Å². The third kappa shape index (κ3) is 4.01. The molecule has 0 aliphatic carbocycles. The molecule has 2 rings (SSSR count). The van der Waals surface area contributed by atoms with Gasteiger partial charge in [0.1, 0.15) is 0 Å². The summed E-state index contributed by atoms with van der Waals surface area (Å²) in [7, 11) is 0. The summed E-state index contributed by atoms with van der Waals surface area (Å²) in [6.45, 7) is 8.04. The van der Waals surface area contributed by atoms with Crippen molar-refractivity contribution in [1.29, 1.82) is 0 Å². The monoisotopic (exact) mass is 269 g/mol. The van der Waals surface area contributed by atoms with Crippen molar-refractivity contribution in [3.63, 3.8) is 0 Å². The van der Waals surface area contributed by atoms with Crippen LogP contribution in [-0.2, 0) is 13.0 Å². The van der Waals surface area contributed by atoms with Crippen LogP contribution in [-0.4, -0.2) is 17.5 Å².